The first kappa shape index (κ1) is 11.7. The quantitative estimate of drug-likeness (QED) is 0.435. The number of nitrogens with zero attached hydrogens (tertiary/aromatic N) is 2. The standard InChI is InChI=1S/C11H16N4O2/c1-14(7-13-12)8-3-4-10-9(5-8)15(2)11(16)6-17-10/h3-5,13H,6-7,12H2,1-2H3. The lowest BCUT2D eigenvalue weighted by Crippen LogP contribution is -2.37. The van der Waals surface area contributed by atoms with Crippen LogP contribution in [0, 0.1) is 0 Å². The first-order valence-electron chi connectivity index (χ1n) is 5.31. The second-order valence-electron chi connectivity index (χ2n) is 3.95. The maximum Gasteiger partial charge on any atom is 0.264 e. The van der Waals surface area contributed by atoms with Gasteiger partial charge in [0.15, 0.2) is 6.61 Å². The van der Waals surface area contributed by atoms with Crippen molar-refractivity contribution in [2.75, 3.05) is 37.2 Å². The Balaban J connectivity index is 2.32. The van der Waals surface area contributed by atoms with Crippen LogP contribution in [0.5, 0.6) is 5.75 Å². The fraction of sp³-hybridized carbons (Fsp3) is 0.364. The van der Waals surface area contributed by atoms with Gasteiger partial charge in [-0.25, -0.2) is 5.43 Å². The number of likely N-dealkylation sites (N-methyl/N-ethyl adjacent to an activating group) is 1. The smallest absolute Gasteiger partial charge is 0.264 e. The lowest BCUT2D eigenvalue weighted by Gasteiger charge is -2.28. The van der Waals surface area contributed by atoms with Crippen molar-refractivity contribution in [3.63, 3.8) is 0 Å². The molecule has 0 saturated heterocycles. The number of anilines is 2. The minimum Gasteiger partial charge on any atom is -0.482 e. The van der Waals surface area contributed by atoms with E-state index in [0.717, 1.165) is 17.1 Å². The fourth-order valence-electron chi connectivity index (χ4n) is 1.73. The van der Waals surface area contributed by atoms with Gasteiger partial charge in [-0.3, -0.25) is 10.6 Å². The average Bonchev–Trinajstić information content (AvgIpc) is 2.34. The molecule has 0 fully saturated rings. The van der Waals surface area contributed by atoms with Crippen molar-refractivity contribution < 1.29 is 9.53 Å². The van der Waals surface area contributed by atoms with E-state index >= 15 is 0 Å². The van der Waals surface area contributed by atoms with E-state index < -0.39 is 0 Å². The van der Waals surface area contributed by atoms with Crippen molar-refractivity contribution in [1.82, 2.24) is 5.43 Å². The van der Waals surface area contributed by atoms with Gasteiger partial charge in [-0.05, 0) is 18.2 Å². The molecule has 92 valence electrons. The van der Waals surface area contributed by atoms with Crippen molar-refractivity contribution in [2.45, 2.75) is 0 Å². The second kappa shape index (κ2) is 4.60. The van der Waals surface area contributed by atoms with Crippen LogP contribution in [-0.2, 0) is 4.79 Å². The summed E-state index contributed by atoms with van der Waals surface area (Å²) in [6, 6.07) is 5.70. The molecule has 0 aliphatic carbocycles. The molecule has 1 amide bonds. The van der Waals surface area contributed by atoms with Gasteiger partial charge in [0.05, 0.1) is 12.4 Å². The summed E-state index contributed by atoms with van der Waals surface area (Å²) < 4.78 is 5.35. The molecule has 0 bridgehead atoms. The molecule has 1 aromatic carbocycles. The van der Waals surface area contributed by atoms with Gasteiger partial charge in [0.1, 0.15) is 5.75 Å². The first-order chi connectivity index (χ1) is 8.13. The highest BCUT2D eigenvalue weighted by molar-refractivity contribution is 5.97. The number of hydrazine groups is 1. The van der Waals surface area contributed by atoms with Gasteiger partial charge < -0.3 is 14.5 Å². The summed E-state index contributed by atoms with van der Waals surface area (Å²) in [5, 5.41) is 0. The van der Waals surface area contributed by atoms with E-state index in [1.54, 1.807) is 11.9 Å². The number of nitrogens with one attached hydrogen (secondary N) is 1. The average molecular weight is 236 g/mol. The zero-order valence-corrected chi connectivity index (χ0v) is 9.93. The molecule has 6 heteroatoms. The Morgan fingerprint density at radius 3 is 3.06 bits per heavy atom. The van der Waals surface area contributed by atoms with Crippen LogP contribution in [-0.4, -0.2) is 33.3 Å². The fourth-order valence-corrected chi connectivity index (χ4v) is 1.73. The lowest BCUT2D eigenvalue weighted by molar-refractivity contribution is -0.120. The van der Waals surface area contributed by atoms with Crippen molar-refractivity contribution >= 4 is 17.3 Å². The third-order valence-corrected chi connectivity index (χ3v) is 2.80. The Bertz CT molecular complexity index is 435. The molecule has 1 heterocycles. The van der Waals surface area contributed by atoms with Gasteiger partial charge in [0.25, 0.3) is 5.91 Å². The Kier molecular flexibility index (Phi) is 3.16. The predicted octanol–water partition coefficient (Wildman–Crippen LogP) is -0.101. The van der Waals surface area contributed by atoms with Gasteiger partial charge in [-0.2, -0.15) is 0 Å². The number of ether oxygens (including phenoxy) is 1. The molecule has 0 unspecified atom stereocenters. The van der Waals surface area contributed by atoms with Gasteiger partial charge in [-0.15, -0.1) is 0 Å². The highest BCUT2D eigenvalue weighted by Crippen LogP contribution is 2.34. The monoisotopic (exact) mass is 236 g/mol. The van der Waals surface area contributed by atoms with Crippen LogP contribution < -0.4 is 25.8 Å². The Hall–Kier alpha value is -1.79. The largest absolute Gasteiger partial charge is 0.482 e. The number of carbonyl (C=O) groups is 1. The number of amides is 1. The van der Waals surface area contributed by atoms with E-state index in [1.165, 1.54) is 0 Å². The number of fused-ring (bicyclic) bond motifs is 1. The first-order valence-corrected chi connectivity index (χ1v) is 5.31. The molecule has 0 atom stereocenters. The molecule has 1 aliphatic rings. The molecule has 6 nitrogen and oxygen atoms in total. The molecule has 1 aliphatic heterocycles. The molecule has 17 heavy (non-hydrogen) atoms. The van der Waals surface area contributed by atoms with Crippen LogP contribution in [0.3, 0.4) is 0 Å². The predicted molar refractivity (Wildman–Crippen MR) is 65.9 cm³/mol. The molecule has 0 radical (unpaired) electrons. The summed E-state index contributed by atoms with van der Waals surface area (Å²) in [6.07, 6.45) is 0. The number of hydrogen-bond donors (Lipinski definition) is 2. The Labute approximate surface area is 99.9 Å². The van der Waals surface area contributed by atoms with Crippen molar-refractivity contribution in [2.24, 2.45) is 5.84 Å². The summed E-state index contributed by atoms with van der Waals surface area (Å²) in [5.41, 5.74) is 4.33. The van der Waals surface area contributed by atoms with Crippen LogP contribution in [0.4, 0.5) is 11.4 Å². The highest BCUT2D eigenvalue weighted by atomic mass is 16.5. The number of nitrogens with two attached hydrogens (primary N) is 1. The maximum absolute atomic E-state index is 11.5. The number of benzene rings is 1. The van der Waals surface area contributed by atoms with E-state index in [9.17, 15) is 4.79 Å². The molecular formula is C11H16N4O2. The topological polar surface area (TPSA) is 70.8 Å². The second-order valence-corrected chi connectivity index (χ2v) is 3.95. The zero-order valence-electron chi connectivity index (χ0n) is 9.93. The summed E-state index contributed by atoms with van der Waals surface area (Å²) >= 11 is 0. The molecule has 0 aromatic heterocycles. The van der Waals surface area contributed by atoms with Crippen molar-refractivity contribution in [3.8, 4) is 5.75 Å². The molecular weight excluding hydrogens is 220 g/mol. The number of carbonyl (C=O) groups excluding carboxylic acids is 1. The van der Waals surface area contributed by atoms with Crippen LogP contribution in [0.15, 0.2) is 18.2 Å². The molecule has 3 N–H and O–H groups in total. The lowest BCUT2D eigenvalue weighted by atomic mass is 10.2. The van der Waals surface area contributed by atoms with Crippen LogP contribution >= 0.6 is 0 Å². The van der Waals surface area contributed by atoms with Gasteiger partial charge in [0, 0.05) is 19.8 Å². The zero-order chi connectivity index (χ0) is 12.4. The summed E-state index contributed by atoms with van der Waals surface area (Å²) in [7, 11) is 3.65. The molecule has 1 aromatic rings. The molecule has 0 spiro atoms. The molecule has 2 rings (SSSR count). The van der Waals surface area contributed by atoms with E-state index in [-0.39, 0.29) is 12.5 Å². The summed E-state index contributed by atoms with van der Waals surface area (Å²) in [6.45, 7) is 0.625. The van der Waals surface area contributed by atoms with Crippen molar-refractivity contribution in [3.05, 3.63) is 18.2 Å². The Morgan fingerprint density at radius 1 is 1.59 bits per heavy atom. The number of rotatable bonds is 3. The molecule has 0 saturated carbocycles. The van der Waals surface area contributed by atoms with Crippen molar-refractivity contribution in [1.29, 1.82) is 0 Å². The normalized spacial score (nSPS) is 14.3. The van der Waals surface area contributed by atoms with Crippen LogP contribution in [0.1, 0.15) is 0 Å². The Morgan fingerprint density at radius 2 is 2.35 bits per heavy atom. The van der Waals surface area contributed by atoms with Gasteiger partial charge >= 0.3 is 0 Å². The van der Waals surface area contributed by atoms with Crippen LogP contribution in [0.25, 0.3) is 0 Å². The SMILES string of the molecule is CN(CNN)c1ccc2c(c1)N(C)C(=O)CO2. The van der Waals surface area contributed by atoms with Gasteiger partial charge in [0.2, 0.25) is 0 Å². The van der Waals surface area contributed by atoms with E-state index in [1.807, 2.05) is 30.1 Å². The van der Waals surface area contributed by atoms with E-state index in [0.29, 0.717) is 6.67 Å². The summed E-state index contributed by atoms with van der Waals surface area (Å²) in [5.74, 6) is 5.95. The highest BCUT2D eigenvalue weighted by Gasteiger charge is 2.22. The van der Waals surface area contributed by atoms with Gasteiger partial charge in [-0.1, -0.05) is 0 Å². The summed E-state index contributed by atoms with van der Waals surface area (Å²) in [4.78, 5) is 15.1. The third-order valence-electron chi connectivity index (χ3n) is 2.80. The minimum atomic E-state index is -0.0470. The van der Waals surface area contributed by atoms with E-state index in [4.69, 9.17) is 10.6 Å². The third kappa shape index (κ3) is 2.17. The van der Waals surface area contributed by atoms with Crippen LogP contribution in [0.2, 0.25) is 0 Å². The minimum absolute atomic E-state index is 0.0470. The number of hydrogen-bond acceptors (Lipinski definition) is 5. The maximum atomic E-state index is 11.5. The van der Waals surface area contributed by atoms with E-state index in [2.05, 4.69) is 5.43 Å².